The van der Waals surface area contributed by atoms with Crippen molar-refractivity contribution in [3.8, 4) is 0 Å². The molecule has 0 nitrogen and oxygen atoms in total. The van der Waals surface area contributed by atoms with Gasteiger partial charge in [-0.2, -0.15) is 0 Å². The molecule has 1 rings (SSSR count). The Labute approximate surface area is 87.0 Å². The van der Waals surface area contributed by atoms with E-state index in [1.54, 1.807) is 0 Å². The first-order valence-corrected chi connectivity index (χ1v) is 5.18. The molecule has 0 aliphatic heterocycles. The van der Waals surface area contributed by atoms with Crippen molar-refractivity contribution >= 4 is 0 Å². The van der Waals surface area contributed by atoms with E-state index in [4.69, 9.17) is 0 Å². The van der Waals surface area contributed by atoms with Gasteiger partial charge in [-0.1, -0.05) is 54.7 Å². The number of rotatable bonds is 0. The topological polar surface area (TPSA) is 0 Å². The summed E-state index contributed by atoms with van der Waals surface area (Å²) < 4.78 is 0. The summed E-state index contributed by atoms with van der Waals surface area (Å²) in [7, 11) is 0. The van der Waals surface area contributed by atoms with Gasteiger partial charge in [-0.3, -0.25) is 0 Å². The Morgan fingerprint density at radius 1 is 0.714 bits per heavy atom. The van der Waals surface area contributed by atoms with Crippen LogP contribution in [0.25, 0.3) is 0 Å². The Hall–Kier alpha value is -1.30. The Kier molecular flexibility index (Phi) is 6.39. The fraction of sp³-hybridized carbons (Fsp3) is 0.286. The molecule has 0 saturated carbocycles. The molecule has 0 saturated heterocycles. The van der Waals surface area contributed by atoms with Crippen LogP contribution in [0.2, 0.25) is 0 Å². The molecule has 0 spiro atoms. The molecule has 0 heterocycles. The summed E-state index contributed by atoms with van der Waals surface area (Å²) in [6.07, 6.45) is 26.5. The van der Waals surface area contributed by atoms with Crippen molar-refractivity contribution in [1.82, 2.24) is 0 Å². The zero-order chi connectivity index (χ0) is 9.90. The summed E-state index contributed by atoms with van der Waals surface area (Å²) in [5, 5.41) is 0. The summed E-state index contributed by atoms with van der Waals surface area (Å²) in [5.74, 6) is 0. The third-order valence-electron chi connectivity index (χ3n) is 1.89. The minimum Gasteiger partial charge on any atom is -0.0842 e. The quantitative estimate of drug-likeness (QED) is 0.532. The molecule has 0 unspecified atom stereocenters. The molecule has 0 bridgehead atoms. The molecule has 0 amide bonds. The van der Waals surface area contributed by atoms with Crippen LogP contribution in [0.3, 0.4) is 0 Å². The van der Waals surface area contributed by atoms with Crippen molar-refractivity contribution in [3.05, 3.63) is 60.8 Å². The summed E-state index contributed by atoms with van der Waals surface area (Å²) in [6.45, 7) is 0. The standard InChI is InChI=1S/C14H17/c1-2-4-6-8-10-12-14-13-11-9-7-5-3-1/h1-4,7-9,11,13H,5-6,12,14H2. The molecule has 0 aromatic rings. The van der Waals surface area contributed by atoms with Crippen molar-refractivity contribution in [1.29, 1.82) is 0 Å². The average molecular weight is 185 g/mol. The molecular weight excluding hydrogens is 168 g/mol. The van der Waals surface area contributed by atoms with E-state index in [0.29, 0.717) is 0 Å². The van der Waals surface area contributed by atoms with Gasteiger partial charge in [0.05, 0.1) is 0 Å². The van der Waals surface area contributed by atoms with Crippen LogP contribution in [0.5, 0.6) is 0 Å². The molecule has 14 heavy (non-hydrogen) atoms. The molecule has 1 radical (unpaired) electrons. The second-order valence-electron chi connectivity index (χ2n) is 3.13. The predicted octanol–water partition coefficient (Wildman–Crippen LogP) is 4.14. The van der Waals surface area contributed by atoms with E-state index in [9.17, 15) is 0 Å². The monoisotopic (exact) mass is 185 g/mol. The summed E-state index contributed by atoms with van der Waals surface area (Å²) in [6, 6.07) is 0. The molecular formula is C14H17. The fourth-order valence-electron chi connectivity index (χ4n) is 1.14. The van der Waals surface area contributed by atoms with Crippen LogP contribution >= 0.6 is 0 Å². The maximum absolute atomic E-state index is 3.26. The first-order chi connectivity index (χ1) is 7.00. The normalized spacial score (nSPS) is 18.3. The molecule has 1 aliphatic rings. The van der Waals surface area contributed by atoms with Crippen LogP contribution in [-0.4, -0.2) is 0 Å². The third kappa shape index (κ3) is 6.24. The van der Waals surface area contributed by atoms with Crippen LogP contribution < -0.4 is 0 Å². The minimum absolute atomic E-state index is 0.990. The highest BCUT2D eigenvalue weighted by atomic mass is 13.8. The van der Waals surface area contributed by atoms with Gasteiger partial charge >= 0.3 is 0 Å². The summed E-state index contributed by atoms with van der Waals surface area (Å²) in [4.78, 5) is 0. The van der Waals surface area contributed by atoms with Gasteiger partial charge in [-0.25, -0.2) is 0 Å². The van der Waals surface area contributed by atoms with E-state index >= 15 is 0 Å². The molecule has 0 atom stereocenters. The molecule has 73 valence electrons. The fourth-order valence-corrected chi connectivity index (χ4v) is 1.14. The van der Waals surface area contributed by atoms with Crippen molar-refractivity contribution in [3.63, 3.8) is 0 Å². The van der Waals surface area contributed by atoms with Crippen molar-refractivity contribution < 1.29 is 0 Å². The molecule has 0 N–H and O–H groups in total. The Bertz CT molecular complexity index is 262. The Morgan fingerprint density at radius 3 is 2.14 bits per heavy atom. The predicted molar refractivity (Wildman–Crippen MR) is 62.8 cm³/mol. The van der Waals surface area contributed by atoms with E-state index in [2.05, 4.69) is 60.8 Å². The van der Waals surface area contributed by atoms with Crippen molar-refractivity contribution in [2.75, 3.05) is 0 Å². The van der Waals surface area contributed by atoms with Crippen LogP contribution in [-0.2, 0) is 0 Å². The molecule has 0 fully saturated rings. The maximum atomic E-state index is 3.26. The van der Waals surface area contributed by atoms with Gasteiger partial charge < -0.3 is 0 Å². The summed E-state index contributed by atoms with van der Waals surface area (Å²) >= 11 is 0. The molecule has 1 aliphatic carbocycles. The average Bonchev–Trinajstić information content (AvgIpc) is 2.22. The lowest BCUT2D eigenvalue weighted by molar-refractivity contribution is 1.02. The van der Waals surface area contributed by atoms with Gasteiger partial charge in [-0.15, -0.1) is 0 Å². The number of hydrogen-bond donors (Lipinski definition) is 0. The van der Waals surface area contributed by atoms with Crippen LogP contribution in [0, 0.1) is 6.08 Å². The van der Waals surface area contributed by atoms with Gasteiger partial charge in [0.1, 0.15) is 0 Å². The second kappa shape index (κ2) is 8.31. The lowest BCUT2D eigenvalue weighted by Gasteiger charge is -1.86. The minimum atomic E-state index is 0.990. The number of hydrogen-bond acceptors (Lipinski definition) is 0. The second-order valence-corrected chi connectivity index (χ2v) is 3.13. The zero-order valence-electron chi connectivity index (χ0n) is 8.52. The molecule has 0 aromatic carbocycles. The van der Waals surface area contributed by atoms with E-state index in [-0.39, 0.29) is 0 Å². The zero-order valence-corrected chi connectivity index (χ0v) is 8.52. The lowest BCUT2D eigenvalue weighted by atomic mass is 10.2. The maximum Gasteiger partial charge on any atom is -0.0160 e. The Balaban J connectivity index is 2.45. The van der Waals surface area contributed by atoms with Crippen LogP contribution in [0.15, 0.2) is 54.7 Å². The smallest absolute Gasteiger partial charge is 0.0160 e. The van der Waals surface area contributed by atoms with Gasteiger partial charge in [0.2, 0.25) is 0 Å². The highest BCUT2D eigenvalue weighted by molar-refractivity contribution is 5.09. The van der Waals surface area contributed by atoms with Crippen LogP contribution in [0.1, 0.15) is 25.7 Å². The SMILES string of the molecule is [C]1=CCC=CC=CCC=CC=CCC1. The highest BCUT2D eigenvalue weighted by Gasteiger charge is 1.77. The van der Waals surface area contributed by atoms with E-state index < -0.39 is 0 Å². The van der Waals surface area contributed by atoms with Crippen molar-refractivity contribution in [2.24, 2.45) is 0 Å². The Morgan fingerprint density at radius 2 is 1.36 bits per heavy atom. The summed E-state index contributed by atoms with van der Waals surface area (Å²) in [5.41, 5.74) is 0. The van der Waals surface area contributed by atoms with Gasteiger partial charge in [-0.05, 0) is 31.8 Å². The third-order valence-corrected chi connectivity index (χ3v) is 1.89. The first-order valence-electron chi connectivity index (χ1n) is 5.18. The van der Waals surface area contributed by atoms with E-state index in [0.717, 1.165) is 25.7 Å². The molecule has 0 heteroatoms. The first kappa shape index (κ1) is 10.8. The highest BCUT2D eigenvalue weighted by Crippen LogP contribution is 1.96. The largest absolute Gasteiger partial charge is 0.0842 e. The number of allylic oxidation sites excluding steroid dienone is 10. The van der Waals surface area contributed by atoms with Crippen LogP contribution in [0.4, 0.5) is 0 Å². The van der Waals surface area contributed by atoms with Gasteiger partial charge in [0, 0.05) is 0 Å². The van der Waals surface area contributed by atoms with Crippen molar-refractivity contribution in [2.45, 2.75) is 25.7 Å². The van der Waals surface area contributed by atoms with Gasteiger partial charge in [0.15, 0.2) is 0 Å². The van der Waals surface area contributed by atoms with Gasteiger partial charge in [0.25, 0.3) is 0 Å². The van der Waals surface area contributed by atoms with E-state index in [1.165, 1.54) is 0 Å². The van der Waals surface area contributed by atoms with E-state index in [1.807, 2.05) is 0 Å². The lowest BCUT2D eigenvalue weighted by Crippen LogP contribution is -1.67. The molecule has 0 aromatic heterocycles.